The Kier molecular flexibility index (Phi) is 7.75. The fourth-order valence-corrected chi connectivity index (χ4v) is 10.3. The van der Waals surface area contributed by atoms with Gasteiger partial charge in [-0.1, -0.05) is 164 Å². The summed E-state index contributed by atoms with van der Waals surface area (Å²) in [6, 6.07) is 76.8. The monoisotopic (exact) mass is 769 g/mol. The third kappa shape index (κ3) is 5.55. The molecule has 0 bridgehead atoms. The Morgan fingerprint density at radius 2 is 0.966 bits per heavy atom. The van der Waals surface area contributed by atoms with Crippen LogP contribution in [-0.2, 0) is 0 Å². The number of furan rings is 1. The molecule has 0 spiro atoms. The predicted octanol–water partition coefficient (Wildman–Crippen LogP) is 16.7. The van der Waals surface area contributed by atoms with Crippen molar-refractivity contribution in [3.63, 3.8) is 0 Å². The predicted molar refractivity (Wildman–Crippen MR) is 253 cm³/mol. The summed E-state index contributed by atoms with van der Waals surface area (Å²) in [5, 5.41) is 9.62. The average Bonchev–Trinajstić information content (AvgIpc) is 3.89. The minimum absolute atomic E-state index is 0.877. The lowest BCUT2D eigenvalue weighted by atomic mass is 9.97. The molecule has 10 aromatic carbocycles. The summed E-state index contributed by atoms with van der Waals surface area (Å²) in [7, 11) is 0. The number of para-hydroxylation sites is 1. The number of hydrogen-bond donors (Lipinski definition) is 0. The molecule has 0 aliphatic heterocycles. The first-order valence-electron chi connectivity index (χ1n) is 20.1. The summed E-state index contributed by atoms with van der Waals surface area (Å²) in [6.45, 7) is 0. The Hall–Kier alpha value is -7.46. The van der Waals surface area contributed by atoms with Crippen LogP contribution in [0, 0.1) is 0 Å². The molecular formula is C56H35NOS. The molecule has 0 aliphatic rings. The van der Waals surface area contributed by atoms with Crippen molar-refractivity contribution < 1.29 is 4.42 Å². The van der Waals surface area contributed by atoms with Gasteiger partial charge in [-0.05, 0) is 86.9 Å². The van der Waals surface area contributed by atoms with Gasteiger partial charge in [0.05, 0.1) is 5.69 Å². The fourth-order valence-electron chi connectivity index (χ4n) is 9.04. The van der Waals surface area contributed by atoms with Gasteiger partial charge >= 0.3 is 0 Å². The van der Waals surface area contributed by atoms with Gasteiger partial charge in [-0.25, -0.2) is 0 Å². The molecule has 2 nitrogen and oxygen atoms in total. The van der Waals surface area contributed by atoms with Crippen LogP contribution in [0.4, 0.5) is 17.1 Å². The zero-order valence-electron chi connectivity index (χ0n) is 32.0. The van der Waals surface area contributed by atoms with Crippen molar-refractivity contribution >= 4 is 92.1 Å². The van der Waals surface area contributed by atoms with Gasteiger partial charge in [0.2, 0.25) is 0 Å². The van der Waals surface area contributed by atoms with E-state index in [-0.39, 0.29) is 0 Å². The van der Waals surface area contributed by atoms with Gasteiger partial charge in [-0.2, -0.15) is 0 Å². The zero-order valence-corrected chi connectivity index (χ0v) is 32.8. The molecule has 12 rings (SSSR count). The van der Waals surface area contributed by atoms with Crippen LogP contribution in [0.1, 0.15) is 0 Å². The number of nitrogens with zero attached hydrogens (tertiary/aromatic N) is 1. The maximum atomic E-state index is 6.96. The Balaban J connectivity index is 1.06. The van der Waals surface area contributed by atoms with Gasteiger partial charge in [-0.15, -0.1) is 11.3 Å². The molecule has 2 aromatic heterocycles. The highest BCUT2D eigenvalue weighted by Crippen LogP contribution is 2.48. The molecule has 3 heteroatoms. The number of anilines is 3. The summed E-state index contributed by atoms with van der Waals surface area (Å²) in [6.07, 6.45) is 0. The SMILES string of the molecule is c1ccc(-c2ccc(N(c3ccc(-c4ccc5ccccc5c4)cc3)c3cccc4ccc5oc6c(-c7cccc8c7sc7ccccc78)cccc6c5c34)cc2)cc1. The molecule has 0 saturated carbocycles. The molecule has 0 radical (unpaired) electrons. The topological polar surface area (TPSA) is 16.4 Å². The molecular weight excluding hydrogens is 735 g/mol. The third-order valence-corrected chi connectivity index (χ3v) is 13.1. The molecule has 0 saturated heterocycles. The van der Waals surface area contributed by atoms with Crippen molar-refractivity contribution in [2.24, 2.45) is 0 Å². The highest BCUT2D eigenvalue weighted by atomic mass is 32.1. The first kappa shape index (κ1) is 33.7. The highest BCUT2D eigenvalue weighted by molar-refractivity contribution is 7.26. The van der Waals surface area contributed by atoms with Gasteiger partial charge < -0.3 is 9.32 Å². The van der Waals surface area contributed by atoms with Gasteiger partial charge in [0.15, 0.2) is 0 Å². The molecule has 0 unspecified atom stereocenters. The van der Waals surface area contributed by atoms with Crippen LogP contribution in [0.2, 0.25) is 0 Å². The number of fused-ring (bicyclic) bond motifs is 9. The first-order chi connectivity index (χ1) is 29.2. The van der Waals surface area contributed by atoms with E-state index in [9.17, 15) is 0 Å². The minimum atomic E-state index is 0.877. The van der Waals surface area contributed by atoms with E-state index < -0.39 is 0 Å². The average molecular weight is 770 g/mol. The fraction of sp³-hybridized carbons (Fsp3) is 0. The number of hydrogen-bond acceptors (Lipinski definition) is 3. The van der Waals surface area contributed by atoms with E-state index in [1.807, 2.05) is 11.3 Å². The van der Waals surface area contributed by atoms with Crippen LogP contribution in [0.3, 0.4) is 0 Å². The van der Waals surface area contributed by atoms with E-state index in [1.54, 1.807) is 0 Å². The lowest BCUT2D eigenvalue weighted by molar-refractivity contribution is 0.670. The summed E-state index contributed by atoms with van der Waals surface area (Å²) in [5.74, 6) is 0. The molecule has 276 valence electrons. The van der Waals surface area contributed by atoms with E-state index in [2.05, 4.69) is 217 Å². The van der Waals surface area contributed by atoms with Crippen LogP contribution in [0.5, 0.6) is 0 Å². The van der Waals surface area contributed by atoms with Crippen molar-refractivity contribution in [3.05, 3.63) is 212 Å². The minimum Gasteiger partial charge on any atom is -0.455 e. The number of rotatable bonds is 6. The van der Waals surface area contributed by atoms with Gasteiger partial charge in [-0.3, -0.25) is 0 Å². The van der Waals surface area contributed by atoms with Crippen LogP contribution in [-0.4, -0.2) is 0 Å². The molecule has 0 fully saturated rings. The van der Waals surface area contributed by atoms with Crippen LogP contribution < -0.4 is 4.90 Å². The van der Waals surface area contributed by atoms with Crippen molar-refractivity contribution in [2.75, 3.05) is 4.90 Å². The summed E-state index contributed by atoms with van der Waals surface area (Å²) < 4.78 is 9.54. The lowest BCUT2D eigenvalue weighted by Gasteiger charge is -2.27. The van der Waals surface area contributed by atoms with Crippen molar-refractivity contribution in [1.82, 2.24) is 0 Å². The Bertz CT molecular complexity index is 3540. The van der Waals surface area contributed by atoms with E-state index in [0.29, 0.717) is 0 Å². The molecule has 59 heavy (non-hydrogen) atoms. The first-order valence-corrected chi connectivity index (χ1v) is 20.9. The van der Waals surface area contributed by atoms with Gasteiger partial charge in [0.25, 0.3) is 0 Å². The zero-order chi connectivity index (χ0) is 38.9. The standard InChI is InChI=1S/C56H35NOS/c1-2-11-36(12-3-1)38-25-30-43(31-26-38)57(44-32-27-39(28-33-44)42-24-23-37-13-4-5-14-41(37)35-42)50-21-8-15-40-29-34-51-54(53(40)50)49-20-9-17-46(55(49)58-51)48-19-10-18-47-45-16-6-7-22-52(45)59-56(47)48/h1-35H. The molecule has 12 aromatic rings. The second-order valence-electron chi connectivity index (χ2n) is 15.2. The second-order valence-corrected chi connectivity index (χ2v) is 16.3. The van der Waals surface area contributed by atoms with Crippen molar-refractivity contribution in [2.45, 2.75) is 0 Å². The maximum absolute atomic E-state index is 6.96. The quantitative estimate of drug-likeness (QED) is 0.167. The molecule has 0 amide bonds. The van der Waals surface area contributed by atoms with Gasteiger partial charge in [0, 0.05) is 58.8 Å². The highest BCUT2D eigenvalue weighted by Gasteiger charge is 2.22. The van der Waals surface area contributed by atoms with E-state index >= 15 is 0 Å². The molecule has 2 heterocycles. The Morgan fingerprint density at radius 1 is 0.373 bits per heavy atom. The van der Waals surface area contributed by atoms with E-state index in [0.717, 1.165) is 55.3 Å². The summed E-state index contributed by atoms with van der Waals surface area (Å²) in [5.41, 5.74) is 12.1. The maximum Gasteiger partial charge on any atom is 0.143 e. The molecule has 0 atom stereocenters. The van der Waals surface area contributed by atoms with Crippen molar-refractivity contribution in [1.29, 1.82) is 0 Å². The lowest BCUT2D eigenvalue weighted by Crippen LogP contribution is -2.10. The molecule has 0 N–H and O–H groups in total. The van der Waals surface area contributed by atoms with Gasteiger partial charge in [0.1, 0.15) is 11.2 Å². The number of benzene rings is 10. The van der Waals surface area contributed by atoms with Crippen LogP contribution in [0.15, 0.2) is 217 Å². The summed E-state index contributed by atoms with van der Waals surface area (Å²) >= 11 is 1.85. The molecule has 0 aliphatic carbocycles. The second kappa shape index (κ2) is 13.6. The summed E-state index contributed by atoms with van der Waals surface area (Å²) in [4.78, 5) is 2.40. The third-order valence-electron chi connectivity index (χ3n) is 11.9. The smallest absolute Gasteiger partial charge is 0.143 e. The normalized spacial score (nSPS) is 11.7. The van der Waals surface area contributed by atoms with Crippen LogP contribution >= 0.6 is 11.3 Å². The number of thiophene rings is 1. The van der Waals surface area contributed by atoms with Crippen LogP contribution in [0.25, 0.3) is 97.0 Å². The van der Waals surface area contributed by atoms with E-state index in [4.69, 9.17) is 4.42 Å². The largest absolute Gasteiger partial charge is 0.455 e. The Labute approximate surface area is 345 Å². The van der Waals surface area contributed by atoms with E-state index in [1.165, 1.54) is 58.8 Å². The van der Waals surface area contributed by atoms with Crippen molar-refractivity contribution in [3.8, 4) is 33.4 Å². The Morgan fingerprint density at radius 3 is 1.78 bits per heavy atom.